The van der Waals surface area contributed by atoms with Gasteiger partial charge in [0.2, 0.25) is 10.0 Å². The van der Waals surface area contributed by atoms with Crippen LogP contribution in [0.1, 0.15) is 18.9 Å². The summed E-state index contributed by atoms with van der Waals surface area (Å²) in [5.41, 5.74) is 0.913. The first-order chi connectivity index (χ1) is 9.93. The number of thioether (sulfide) groups is 1. The molecule has 0 saturated heterocycles. The van der Waals surface area contributed by atoms with Gasteiger partial charge in [-0.1, -0.05) is 24.6 Å². The Morgan fingerprint density at radius 3 is 2.67 bits per heavy atom. The van der Waals surface area contributed by atoms with E-state index in [1.54, 1.807) is 30.9 Å². The second-order valence-electron chi connectivity index (χ2n) is 4.75. The number of benzene rings is 1. The normalized spacial score (nSPS) is 12.0. The lowest BCUT2D eigenvalue weighted by molar-refractivity contribution is 0.488. The summed E-state index contributed by atoms with van der Waals surface area (Å²) in [6.07, 6.45) is 3.00. The standard InChI is InChI=1S/C14H23ClN2O2S2/c1-4-7-16-11-12-5-6-13(10-14(12)15)21(18,19)17(2)8-9-20-3/h5-6,10,16H,4,7-9,11H2,1-3H3. The molecule has 0 unspecified atom stereocenters. The molecule has 0 radical (unpaired) electrons. The van der Waals surface area contributed by atoms with Gasteiger partial charge in [0.1, 0.15) is 0 Å². The highest BCUT2D eigenvalue weighted by Crippen LogP contribution is 2.23. The quantitative estimate of drug-likeness (QED) is 0.696. The maximum atomic E-state index is 12.4. The van der Waals surface area contributed by atoms with E-state index in [0.29, 0.717) is 18.1 Å². The fourth-order valence-electron chi connectivity index (χ4n) is 1.75. The van der Waals surface area contributed by atoms with Crippen molar-refractivity contribution in [1.82, 2.24) is 9.62 Å². The zero-order chi connectivity index (χ0) is 15.9. The van der Waals surface area contributed by atoms with Gasteiger partial charge in [-0.15, -0.1) is 0 Å². The van der Waals surface area contributed by atoms with Gasteiger partial charge in [0.25, 0.3) is 0 Å². The van der Waals surface area contributed by atoms with Gasteiger partial charge in [-0.05, 0) is 36.9 Å². The third-order valence-corrected chi connectivity index (χ3v) is 5.88. The van der Waals surface area contributed by atoms with Crippen molar-refractivity contribution in [3.8, 4) is 0 Å². The maximum Gasteiger partial charge on any atom is 0.242 e. The summed E-state index contributed by atoms with van der Waals surface area (Å²) in [6.45, 7) is 4.14. The van der Waals surface area contributed by atoms with E-state index in [1.807, 2.05) is 6.26 Å². The predicted molar refractivity (Wildman–Crippen MR) is 91.6 cm³/mol. The zero-order valence-corrected chi connectivity index (χ0v) is 15.1. The molecule has 0 amide bonds. The number of rotatable bonds is 9. The lowest BCUT2D eigenvalue weighted by Gasteiger charge is -2.17. The highest BCUT2D eigenvalue weighted by molar-refractivity contribution is 7.98. The van der Waals surface area contributed by atoms with Gasteiger partial charge >= 0.3 is 0 Å². The lowest BCUT2D eigenvalue weighted by atomic mass is 10.2. The molecule has 0 aliphatic carbocycles. The fraction of sp³-hybridized carbons (Fsp3) is 0.571. The lowest BCUT2D eigenvalue weighted by Crippen LogP contribution is -2.29. The van der Waals surface area contributed by atoms with Gasteiger partial charge in [0.05, 0.1) is 4.90 Å². The van der Waals surface area contributed by atoms with Crippen LogP contribution in [0, 0.1) is 0 Å². The van der Waals surface area contributed by atoms with Crippen molar-refractivity contribution in [3.63, 3.8) is 0 Å². The van der Waals surface area contributed by atoms with Gasteiger partial charge in [-0.2, -0.15) is 11.8 Å². The molecule has 0 saturated carbocycles. The number of nitrogens with one attached hydrogen (secondary N) is 1. The van der Waals surface area contributed by atoms with E-state index in [2.05, 4.69) is 12.2 Å². The van der Waals surface area contributed by atoms with Crippen molar-refractivity contribution in [1.29, 1.82) is 0 Å². The molecule has 0 heterocycles. The van der Waals surface area contributed by atoms with Crippen molar-refractivity contribution in [3.05, 3.63) is 28.8 Å². The molecular formula is C14H23ClN2O2S2. The van der Waals surface area contributed by atoms with Crippen molar-refractivity contribution >= 4 is 33.4 Å². The SMILES string of the molecule is CCCNCc1ccc(S(=O)(=O)N(C)CCSC)cc1Cl. The largest absolute Gasteiger partial charge is 0.313 e. The topological polar surface area (TPSA) is 49.4 Å². The number of nitrogens with zero attached hydrogens (tertiary/aromatic N) is 1. The van der Waals surface area contributed by atoms with E-state index in [0.717, 1.165) is 24.3 Å². The highest BCUT2D eigenvalue weighted by Gasteiger charge is 2.21. The summed E-state index contributed by atoms with van der Waals surface area (Å²) in [6, 6.07) is 4.94. The molecule has 0 aliphatic heterocycles. The second-order valence-corrected chi connectivity index (χ2v) is 8.19. The van der Waals surface area contributed by atoms with E-state index in [4.69, 9.17) is 11.6 Å². The van der Waals surface area contributed by atoms with Gasteiger partial charge in [-0.3, -0.25) is 0 Å². The van der Waals surface area contributed by atoms with Crippen molar-refractivity contribution in [2.75, 3.05) is 32.1 Å². The molecule has 1 aromatic rings. The Morgan fingerprint density at radius 1 is 1.38 bits per heavy atom. The van der Waals surface area contributed by atoms with Crippen LogP contribution < -0.4 is 5.32 Å². The first kappa shape index (κ1) is 18.8. The van der Waals surface area contributed by atoms with Crippen LogP contribution in [-0.2, 0) is 16.6 Å². The Hall–Kier alpha value is -0.270. The number of hydrogen-bond donors (Lipinski definition) is 1. The number of hydrogen-bond acceptors (Lipinski definition) is 4. The minimum atomic E-state index is -3.46. The van der Waals surface area contributed by atoms with Crippen LogP contribution in [0.15, 0.2) is 23.1 Å². The molecular weight excluding hydrogens is 328 g/mol. The molecule has 0 atom stereocenters. The average molecular weight is 351 g/mol. The molecule has 1 rings (SSSR count). The molecule has 0 aliphatic rings. The van der Waals surface area contributed by atoms with Crippen molar-refractivity contribution in [2.24, 2.45) is 0 Å². The Balaban J connectivity index is 2.86. The molecule has 21 heavy (non-hydrogen) atoms. The van der Waals surface area contributed by atoms with Crippen LogP contribution in [0.2, 0.25) is 5.02 Å². The molecule has 120 valence electrons. The summed E-state index contributed by atoms with van der Waals surface area (Å²) >= 11 is 7.81. The molecule has 0 aromatic heterocycles. The van der Waals surface area contributed by atoms with Crippen LogP contribution >= 0.6 is 23.4 Å². The Labute approximate surface area is 137 Å². The molecule has 0 bridgehead atoms. The molecule has 4 nitrogen and oxygen atoms in total. The summed E-state index contributed by atoms with van der Waals surface area (Å²) in [5, 5.41) is 3.74. The third-order valence-electron chi connectivity index (χ3n) is 3.09. The summed E-state index contributed by atoms with van der Waals surface area (Å²) in [4.78, 5) is 0.246. The minimum absolute atomic E-state index is 0.246. The number of sulfonamides is 1. The molecule has 1 aromatic carbocycles. The van der Waals surface area contributed by atoms with Crippen molar-refractivity contribution < 1.29 is 8.42 Å². The molecule has 1 N–H and O–H groups in total. The van der Waals surface area contributed by atoms with Crippen LogP contribution in [0.4, 0.5) is 0 Å². The van der Waals surface area contributed by atoms with E-state index in [1.165, 1.54) is 10.4 Å². The average Bonchev–Trinajstić information content (AvgIpc) is 2.46. The Kier molecular flexibility index (Phi) is 8.05. The first-order valence-corrected chi connectivity index (χ1v) is 10.1. The Morgan fingerprint density at radius 2 is 2.10 bits per heavy atom. The monoisotopic (exact) mass is 350 g/mol. The van der Waals surface area contributed by atoms with E-state index in [-0.39, 0.29) is 4.90 Å². The predicted octanol–water partition coefficient (Wildman–Crippen LogP) is 2.82. The van der Waals surface area contributed by atoms with E-state index >= 15 is 0 Å². The minimum Gasteiger partial charge on any atom is -0.313 e. The fourth-order valence-corrected chi connectivity index (χ4v) is 3.83. The highest BCUT2D eigenvalue weighted by atomic mass is 35.5. The molecule has 0 fully saturated rings. The molecule has 0 spiro atoms. The molecule has 7 heteroatoms. The van der Waals surface area contributed by atoms with Crippen LogP contribution in [-0.4, -0.2) is 44.9 Å². The van der Waals surface area contributed by atoms with Gasteiger partial charge < -0.3 is 5.32 Å². The van der Waals surface area contributed by atoms with E-state index < -0.39 is 10.0 Å². The van der Waals surface area contributed by atoms with Crippen LogP contribution in [0.25, 0.3) is 0 Å². The van der Waals surface area contributed by atoms with Crippen LogP contribution in [0.5, 0.6) is 0 Å². The summed E-state index contributed by atoms with van der Waals surface area (Å²) in [5.74, 6) is 0.766. The second kappa shape index (κ2) is 9.00. The Bertz CT molecular complexity index is 550. The van der Waals surface area contributed by atoms with Crippen molar-refractivity contribution in [2.45, 2.75) is 24.8 Å². The number of halogens is 1. The van der Waals surface area contributed by atoms with Gasteiger partial charge in [0, 0.05) is 30.9 Å². The summed E-state index contributed by atoms with van der Waals surface area (Å²) in [7, 11) is -1.87. The first-order valence-electron chi connectivity index (χ1n) is 6.88. The smallest absolute Gasteiger partial charge is 0.242 e. The maximum absolute atomic E-state index is 12.4. The van der Waals surface area contributed by atoms with Crippen LogP contribution in [0.3, 0.4) is 0 Å². The third kappa shape index (κ3) is 5.45. The zero-order valence-electron chi connectivity index (χ0n) is 12.7. The van der Waals surface area contributed by atoms with Gasteiger partial charge in [0.15, 0.2) is 0 Å². The van der Waals surface area contributed by atoms with Gasteiger partial charge in [-0.25, -0.2) is 12.7 Å². The van der Waals surface area contributed by atoms with E-state index in [9.17, 15) is 8.42 Å². The summed E-state index contributed by atoms with van der Waals surface area (Å²) < 4.78 is 26.2.